The number of nitrogens with zero attached hydrogens (tertiary/aromatic N) is 1. The Balaban J connectivity index is 1.75. The lowest BCUT2D eigenvalue weighted by Gasteiger charge is -2.16. The fourth-order valence-corrected chi connectivity index (χ4v) is 2.67. The summed E-state index contributed by atoms with van der Waals surface area (Å²) in [6.07, 6.45) is 2.77. The van der Waals surface area contributed by atoms with Crippen LogP contribution >= 0.6 is 0 Å². The zero-order chi connectivity index (χ0) is 20.9. The first-order valence-electron chi connectivity index (χ1n) is 9.54. The standard InChI is InChI=1S/C22H27N2O5/c23-17-24(22(27)29-15-18-8-2-1-3-9-18)13-7-6-11-19-10-4-5-12-21(19)28-16-20(26)14-25/h1-5,8-10,12,20,23,25-26H,6-7,11,13-16H2/t20-/m0/s1. The van der Waals surface area contributed by atoms with E-state index in [0.29, 0.717) is 18.7 Å². The molecule has 0 aliphatic rings. The third kappa shape index (κ3) is 7.93. The Morgan fingerprint density at radius 2 is 1.83 bits per heavy atom. The molecule has 1 atom stereocenters. The summed E-state index contributed by atoms with van der Waals surface area (Å²) in [6.45, 7) is 0.168. The fourth-order valence-electron chi connectivity index (χ4n) is 2.67. The largest absolute Gasteiger partial charge is 0.491 e. The average Bonchev–Trinajstić information content (AvgIpc) is 2.77. The van der Waals surface area contributed by atoms with Crippen LogP contribution in [0, 0.1) is 5.41 Å². The van der Waals surface area contributed by atoms with Gasteiger partial charge in [0.25, 0.3) is 0 Å². The molecule has 155 valence electrons. The maximum absolute atomic E-state index is 12.1. The molecule has 0 fully saturated rings. The molecule has 0 aliphatic carbocycles. The number of ether oxygens (including phenoxy) is 2. The fraction of sp³-hybridized carbons (Fsp3) is 0.364. The molecule has 7 heteroatoms. The van der Waals surface area contributed by atoms with Gasteiger partial charge in [0.05, 0.1) is 6.61 Å². The lowest BCUT2D eigenvalue weighted by molar-refractivity contribution is 0.0533. The molecule has 2 aromatic carbocycles. The van der Waals surface area contributed by atoms with Gasteiger partial charge in [-0.1, -0.05) is 48.5 Å². The summed E-state index contributed by atoms with van der Waals surface area (Å²) in [5.74, 6) is 0.665. The second-order valence-corrected chi connectivity index (χ2v) is 6.52. The van der Waals surface area contributed by atoms with Gasteiger partial charge in [0.2, 0.25) is 0 Å². The van der Waals surface area contributed by atoms with Crippen molar-refractivity contribution in [3.63, 3.8) is 0 Å². The number of carbonyl (C=O) groups excluding carboxylic acids is 1. The number of hydrogen-bond acceptors (Lipinski definition) is 6. The van der Waals surface area contributed by atoms with Crippen molar-refractivity contribution in [2.75, 3.05) is 19.8 Å². The molecule has 3 N–H and O–H groups in total. The molecule has 29 heavy (non-hydrogen) atoms. The number of aryl methyl sites for hydroxylation is 1. The van der Waals surface area contributed by atoms with Crippen molar-refractivity contribution in [2.24, 2.45) is 0 Å². The predicted octanol–water partition coefficient (Wildman–Crippen LogP) is 2.86. The minimum absolute atomic E-state index is 0.0251. The van der Waals surface area contributed by atoms with E-state index in [2.05, 4.69) is 6.34 Å². The lowest BCUT2D eigenvalue weighted by atomic mass is 10.1. The van der Waals surface area contributed by atoms with Gasteiger partial charge in [0.15, 0.2) is 6.34 Å². The molecule has 7 nitrogen and oxygen atoms in total. The quantitative estimate of drug-likeness (QED) is 0.220. The van der Waals surface area contributed by atoms with E-state index >= 15 is 0 Å². The van der Waals surface area contributed by atoms with Crippen molar-refractivity contribution < 1.29 is 24.5 Å². The van der Waals surface area contributed by atoms with Crippen LogP contribution in [0.2, 0.25) is 0 Å². The molecule has 0 saturated heterocycles. The maximum Gasteiger partial charge on any atom is 0.415 e. The lowest BCUT2D eigenvalue weighted by Crippen LogP contribution is -2.31. The normalized spacial score (nSPS) is 11.5. The Hall–Kier alpha value is -2.90. The number of nitrogens with one attached hydrogen (secondary N) is 1. The second-order valence-electron chi connectivity index (χ2n) is 6.52. The van der Waals surface area contributed by atoms with Gasteiger partial charge < -0.3 is 19.7 Å². The summed E-state index contributed by atoms with van der Waals surface area (Å²) in [5, 5.41) is 25.6. The van der Waals surface area contributed by atoms with Gasteiger partial charge in [-0.3, -0.25) is 10.3 Å². The molecule has 0 aliphatic heterocycles. The van der Waals surface area contributed by atoms with E-state index in [9.17, 15) is 9.90 Å². The van der Waals surface area contributed by atoms with Crippen molar-refractivity contribution in [1.82, 2.24) is 4.90 Å². The van der Waals surface area contributed by atoms with Gasteiger partial charge in [0, 0.05) is 6.54 Å². The number of carbonyl (C=O) groups is 1. The Bertz CT molecular complexity index is 754. The predicted molar refractivity (Wildman–Crippen MR) is 109 cm³/mol. The first-order valence-corrected chi connectivity index (χ1v) is 9.54. The van der Waals surface area contributed by atoms with Crippen LogP contribution in [-0.4, -0.2) is 53.4 Å². The van der Waals surface area contributed by atoms with Gasteiger partial charge in [-0.2, -0.15) is 0 Å². The molecule has 0 bridgehead atoms. The number of benzene rings is 2. The first-order chi connectivity index (χ1) is 14.1. The van der Waals surface area contributed by atoms with Gasteiger partial charge in [-0.15, -0.1) is 0 Å². The third-order valence-electron chi connectivity index (χ3n) is 4.25. The van der Waals surface area contributed by atoms with E-state index < -0.39 is 12.2 Å². The van der Waals surface area contributed by atoms with E-state index in [1.54, 1.807) is 0 Å². The topological polar surface area (TPSA) is 103 Å². The number of aliphatic hydroxyl groups excluding tert-OH is 2. The molecule has 2 aromatic rings. The van der Waals surface area contributed by atoms with Crippen LogP contribution in [0.15, 0.2) is 54.6 Å². The van der Waals surface area contributed by atoms with Gasteiger partial charge >= 0.3 is 6.09 Å². The highest BCUT2D eigenvalue weighted by atomic mass is 16.6. The van der Waals surface area contributed by atoms with Crippen LogP contribution in [0.5, 0.6) is 5.75 Å². The number of unbranched alkanes of at least 4 members (excludes halogenated alkanes) is 1. The zero-order valence-electron chi connectivity index (χ0n) is 16.3. The van der Waals surface area contributed by atoms with Crippen molar-refractivity contribution in [3.05, 3.63) is 65.7 Å². The highest BCUT2D eigenvalue weighted by Gasteiger charge is 2.13. The molecular weight excluding hydrogens is 372 g/mol. The van der Waals surface area contributed by atoms with Gasteiger partial charge in [0.1, 0.15) is 25.1 Å². The molecule has 0 aromatic heterocycles. The van der Waals surface area contributed by atoms with E-state index in [1.165, 1.54) is 0 Å². The molecule has 1 radical (unpaired) electrons. The van der Waals surface area contributed by atoms with E-state index in [0.717, 1.165) is 28.9 Å². The number of rotatable bonds is 12. The van der Waals surface area contributed by atoms with Crippen LogP contribution in [0.4, 0.5) is 4.79 Å². The number of aliphatic hydroxyl groups is 2. The summed E-state index contributed by atoms with van der Waals surface area (Å²) in [5.41, 5.74) is 1.86. The Labute approximate surface area is 171 Å². The van der Waals surface area contributed by atoms with Crippen LogP contribution in [-0.2, 0) is 17.8 Å². The van der Waals surface area contributed by atoms with Gasteiger partial charge in [-0.05, 0) is 36.5 Å². The molecule has 1 amide bonds. The minimum atomic E-state index is -0.915. The molecule has 0 spiro atoms. The Morgan fingerprint density at radius 1 is 1.10 bits per heavy atom. The summed E-state index contributed by atoms with van der Waals surface area (Å²) in [6, 6.07) is 16.9. The van der Waals surface area contributed by atoms with Crippen LogP contribution in [0.1, 0.15) is 24.0 Å². The van der Waals surface area contributed by atoms with Crippen molar-refractivity contribution in [1.29, 1.82) is 5.41 Å². The Morgan fingerprint density at radius 3 is 2.55 bits per heavy atom. The molecular formula is C22H27N2O5. The summed E-state index contributed by atoms with van der Waals surface area (Å²) in [7, 11) is 0. The zero-order valence-corrected chi connectivity index (χ0v) is 16.3. The van der Waals surface area contributed by atoms with Crippen LogP contribution < -0.4 is 4.74 Å². The Kier molecular flexibility index (Phi) is 9.68. The second kappa shape index (κ2) is 12.5. The number of amides is 1. The highest BCUT2D eigenvalue weighted by Crippen LogP contribution is 2.20. The third-order valence-corrected chi connectivity index (χ3v) is 4.25. The van der Waals surface area contributed by atoms with Crippen molar-refractivity contribution in [2.45, 2.75) is 32.0 Å². The summed E-state index contributed by atoms with van der Waals surface area (Å²) < 4.78 is 10.8. The van der Waals surface area contributed by atoms with Gasteiger partial charge in [-0.25, -0.2) is 4.79 Å². The minimum Gasteiger partial charge on any atom is -0.491 e. The van der Waals surface area contributed by atoms with E-state index in [-0.39, 0.29) is 19.8 Å². The number of para-hydroxylation sites is 1. The summed E-state index contributed by atoms with van der Waals surface area (Å²) in [4.78, 5) is 13.2. The maximum atomic E-state index is 12.1. The summed E-state index contributed by atoms with van der Waals surface area (Å²) >= 11 is 0. The van der Waals surface area contributed by atoms with Crippen molar-refractivity contribution in [3.8, 4) is 5.75 Å². The SMILES string of the molecule is N=[C]N(CCCCc1ccccc1OC[C@@H](O)CO)C(=O)OCc1ccccc1. The highest BCUT2D eigenvalue weighted by molar-refractivity contribution is 5.81. The van der Waals surface area contributed by atoms with Crippen LogP contribution in [0.3, 0.4) is 0 Å². The number of hydrogen-bond donors (Lipinski definition) is 3. The van der Waals surface area contributed by atoms with E-state index in [4.69, 9.17) is 20.0 Å². The van der Waals surface area contributed by atoms with Crippen LogP contribution in [0.25, 0.3) is 0 Å². The first kappa shape index (κ1) is 22.4. The molecule has 0 unspecified atom stereocenters. The smallest absolute Gasteiger partial charge is 0.415 e. The monoisotopic (exact) mass is 399 g/mol. The average molecular weight is 399 g/mol. The molecule has 0 saturated carbocycles. The molecule has 0 heterocycles. The van der Waals surface area contributed by atoms with Crippen molar-refractivity contribution >= 4 is 12.4 Å². The van der Waals surface area contributed by atoms with E-state index in [1.807, 2.05) is 54.6 Å². The molecule has 2 rings (SSSR count).